The summed E-state index contributed by atoms with van der Waals surface area (Å²) in [7, 11) is 1.67. The van der Waals surface area contributed by atoms with E-state index in [0.717, 1.165) is 22.3 Å². The minimum atomic E-state index is 0.806. The number of rotatable bonds is 5. The number of hydrogen-bond donors (Lipinski definition) is 0. The molecule has 0 saturated heterocycles. The van der Waals surface area contributed by atoms with Gasteiger partial charge in [-0.25, -0.2) is 0 Å². The summed E-state index contributed by atoms with van der Waals surface area (Å²) in [4.78, 5) is 0. The maximum absolute atomic E-state index is 5.42. The van der Waals surface area contributed by atoms with E-state index >= 15 is 0 Å². The minimum Gasteiger partial charge on any atom is -0.495 e. The van der Waals surface area contributed by atoms with Crippen LogP contribution in [0.25, 0.3) is 5.69 Å². The first-order valence-electron chi connectivity index (χ1n) is 7.00. The maximum Gasteiger partial charge on any atom is 0.196 e. The second-order valence-electron chi connectivity index (χ2n) is 4.87. The van der Waals surface area contributed by atoms with Crippen molar-refractivity contribution in [3.05, 3.63) is 66.0 Å². The van der Waals surface area contributed by atoms with Gasteiger partial charge in [0.2, 0.25) is 0 Å². The third-order valence-electron chi connectivity index (χ3n) is 3.48. The summed E-state index contributed by atoms with van der Waals surface area (Å²) in [5.41, 5.74) is 3.54. The second kappa shape index (κ2) is 6.66. The van der Waals surface area contributed by atoms with E-state index in [4.69, 9.17) is 4.74 Å². The molecule has 0 fully saturated rings. The van der Waals surface area contributed by atoms with Crippen molar-refractivity contribution >= 4 is 11.8 Å². The summed E-state index contributed by atoms with van der Waals surface area (Å²) < 4.78 is 7.38. The fourth-order valence-electron chi connectivity index (χ4n) is 2.23. The Hall–Kier alpha value is -2.27. The predicted octanol–water partition coefficient (Wildman–Crippen LogP) is 3.88. The van der Waals surface area contributed by atoms with E-state index in [1.54, 1.807) is 25.2 Å². The molecule has 0 N–H and O–H groups in total. The van der Waals surface area contributed by atoms with Gasteiger partial charge in [-0.2, -0.15) is 0 Å². The molecule has 0 aliphatic rings. The van der Waals surface area contributed by atoms with Gasteiger partial charge in [-0.3, -0.25) is 4.57 Å². The molecule has 0 amide bonds. The van der Waals surface area contributed by atoms with E-state index in [2.05, 4.69) is 41.4 Å². The van der Waals surface area contributed by atoms with Gasteiger partial charge in [0, 0.05) is 5.75 Å². The number of benzene rings is 2. The van der Waals surface area contributed by atoms with Gasteiger partial charge in [0.05, 0.1) is 12.8 Å². The lowest BCUT2D eigenvalue weighted by molar-refractivity contribution is 0.412. The largest absolute Gasteiger partial charge is 0.495 e. The standard InChI is InChI=1S/C17H17N3OS/c1-13-7-3-4-8-14(13)11-22-17-19-18-12-20(17)15-9-5-6-10-16(15)21-2/h3-10,12H,11H2,1-2H3. The number of nitrogens with zero attached hydrogens (tertiary/aromatic N) is 3. The van der Waals surface area contributed by atoms with Crippen LogP contribution in [0.2, 0.25) is 0 Å². The summed E-state index contributed by atoms with van der Waals surface area (Å²) in [6.45, 7) is 2.13. The van der Waals surface area contributed by atoms with Crippen molar-refractivity contribution in [1.82, 2.24) is 14.8 Å². The van der Waals surface area contributed by atoms with Crippen LogP contribution in [0.3, 0.4) is 0 Å². The first-order chi connectivity index (χ1) is 10.8. The van der Waals surface area contributed by atoms with Gasteiger partial charge >= 0.3 is 0 Å². The Bertz CT molecular complexity index is 770. The fourth-order valence-corrected chi connectivity index (χ4v) is 3.23. The summed E-state index contributed by atoms with van der Waals surface area (Å²) in [6.07, 6.45) is 1.72. The third-order valence-corrected chi connectivity index (χ3v) is 4.47. The van der Waals surface area contributed by atoms with Crippen LogP contribution in [0.5, 0.6) is 5.75 Å². The van der Waals surface area contributed by atoms with E-state index in [0.29, 0.717) is 0 Å². The molecule has 1 aromatic heterocycles. The van der Waals surface area contributed by atoms with Crippen molar-refractivity contribution in [1.29, 1.82) is 0 Å². The van der Waals surface area contributed by atoms with Crippen LogP contribution in [0.1, 0.15) is 11.1 Å². The van der Waals surface area contributed by atoms with E-state index in [1.165, 1.54) is 11.1 Å². The number of para-hydroxylation sites is 2. The van der Waals surface area contributed by atoms with Crippen molar-refractivity contribution in [2.24, 2.45) is 0 Å². The quantitative estimate of drug-likeness (QED) is 0.671. The van der Waals surface area contributed by atoms with Crippen LogP contribution >= 0.6 is 11.8 Å². The van der Waals surface area contributed by atoms with E-state index in [9.17, 15) is 0 Å². The molecule has 4 nitrogen and oxygen atoms in total. The first-order valence-corrected chi connectivity index (χ1v) is 7.99. The molecule has 3 rings (SSSR count). The summed E-state index contributed by atoms with van der Waals surface area (Å²) in [5, 5.41) is 9.13. The van der Waals surface area contributed by atoms with Gasteiger partial charge in [0.15, 0.2) is 5.16 Å². The number of aromatic nitrogens is 3. The second-order valence-corrected chi connectivity index (χ2v) is 5.81. The monoisotopic (exact) mass is 311 g/mol. The summed E-state index contributed by atoms with van der Waals surface area (Å²) in [6, 6.07) is 16.3. The minimum absolute atomic E-state index is 0.806. The average molecular weight is 311 g/mol. The molecule has 3 aromatic rings. The number of aryl methyl sites for hydroxylation is 1. The van der Waals surface area contributed by atoms with Crippen LogP contribution in [0.15, 0.2) is 60.0 Å². The van der Waals surface area contributed by atoms with Gasteiger partial charge in [-0.1, -0.05) is 48.2 Å². The highest BCUT2D eigenvalue weighted by Gasteiger charge is 2.11. The van der Waals surface area contributed by atoms with E-state index in [-0.39, 0.29) is 0 Å². The van der Waals surface area contributed by atoms with Crippen molar-refractivity contribution in [2.45, 2.75) is 17.8 Å². The Labute approximate surface area is 134 Å². The Morgan fingerprint density at radius 2 is 1.86 bits per heavy atom. The highest BCUT2D eigenvalue weighted by atomic mass is 32.2. The zero-order valence-corrected chi connectivity index (χ0v) is 13.4. The van der Waals surface area contributed by atoms with E-state index < -0.39 is 0 Å². The van der Waals surface area contributed by atoms with Crippen LogP contribution in [-0.2, 0) is 5.75 Å². The molecule has 0 radical (unpaired) electrons. The first kappa shape index (κ1) is 14.7. The molecule has 0 spiro atoms. The van der Waals surface area contributed by atoms with Gasteiger partial charge in [0.25, 0.3) is 0 Å². The molecular weight excluding hydrogens is 294 g/mol. The Morgan fingerprint density at radius 3 is 2.68 bits per heavy atom. The van der Waals surface area contributed by atoms with E-state index in [1.807, 2.05) is 28.8 Å². The molecule has 1 heterocycles. The van der Waals surface area contributed by atoms with Crippen molar-refractivity contribution in [3.63, 3.8) is 0 Å². The lowest BCUT2D eigenvalue weighted by Crippen LogP contribution is -1.99. The molecule has 0 aliphatic heterocycles. The third kappa shape index (κ3) is 2.99. The van der Waals surface area contributed by atoms with Crippen LogP contribution < -0.4 is 4.74 Å². The molecule has 0 aliphatic carbocycles. The molecule has 22 heavy (non-hydrogen) atoms. The molecule has 112 valence electrons. The smallest absolute Gasteiger partial charge is 0.196 e. The Morgan fingerprint density at radius 1 is 1.09 bits per heavy atom. The van der Waals surface area contributed by atoms with Crippen LogP contribution in [0, 0.1) is 6.92 Å². The number of methoxy groups -OCH3 is 1. The van der Waals surface area contributed by atoms with Gasteiger partial charge in [0.1, 0.15) is 12.1 Å². The normalized spacial score (nSPS) is 10.6. The van der Waals surface area contributed by atoms with Gasteiger partial charge in [-0.05, 0) is 30.2 Å². The lowest BCUT2D eigenvalue weighted by Gasteiger charge is -2.11. The molecule has 2 aromatic carbocycles. The molecular formula is C17H17N3OS. The molecule has 5 heteroatoms. The lowest BCUT2D eigenvalue weighted by atomic mass is 10.1. The highest BCUT2D eigenvalue weighted by Crippen LogP contribution is 2.28. The number of ether oxygens (including phenoxy) is 1. The van der Waals surface area contributed by atoms with Crippen LogP contribution in [0.4, 0.5) is 0 Å². The summed E-state index contributed by atoms with van der Waals surface area (Å²) in [5.74, 6) is 1.67. The summed E-state index contributed by atoms with van der Waals surface area (Å²) >= 11 is 1.67. The van der Waals surface area contributed by atoms with Crippen LogP contribution in [-0.4, -0.2) is 21.9 Å². The van der Waals surface area contributed by atoms with Gasteiger partial charge < -0.3 is 4.74 Å². The topological polar surface area (TPSA) is 39.9 Å². The average Bonchev–Trinajstić information content (AvgIpc) is 3.02. The fraction of sp³-hybridized carbons (Fsp3) is 0.176. The number of hydrogen-bond acceptors (Lipinski definition) is 4. The molecule has 0 unspecified atom stereocenters. The zero-order valence-electron chi connectivity index (χ0n) is 12.6. The van der Waals surface area contributed by atoms with Crippen molar-refractivity contribution in [3.8, 4) is 11.4 Å². The molecule has 0 bridgehead atoms. The van der Waals surface area contributed by atoms with Crippen molar-refractivity contribution < 1.29 is 4.74 Å². The van der Waals surface area contributed by atoms with Gasteiger partial charge in [-0.15, -0.1) is 10.2 Å². The molecule has 0 saturated carbocycles. The maximum atomic E-state index is 5.42. The Balaban J connectivity index is 1.85. The highest BCUT2D eigenvalue weighted by molar-refractivity contribution is 7.98. The Kier molecular flexibility index (Phi) is 4.44. The number of thioether (sulfide) groups is 1. The zero-order chi connectivity index (χ0) is 15.4. The SMILES string of the molecule is COc1ccccc1-n1cnnc1SCc1ccccc1C. The predicted molar refractivity (Wildman–Crippen MR) is 88.7 cm³/mol. The molecule has 0 atom stereocenters. The van der Waals surface area contributed by atoms with Crippen molar-refractivity contribution in [2.75, 3.05) is 7.11 Å².